The van der Waals surface area contributed by atoms with Gasteiger partial charge in [0.05, 0.1) is 10.2 Å². The number of aliphatic carboxylic acids is 1. The number of hydrogen-bond donors (Lipinski definition) is 3. The monoisotopic (exact) mass is 293 g/mol. The third-order valence-corrected chi connectivity index (χ3v) is 3.60. The number of hydrogen-bond acceptors (Lipinski definition) is 4. The summed E-state index contributed by atoms with van der Waals surface area (Å²) < 4.78 is 1.00. The van der Waals surface area contributed by atoms with Gasteiger partial charge in [-0.25, -0.2) is 9.78 Å². The lowest BCUT2D eigenvalue weighted by Gasteiger charge is -2.10. The van der Waals surface area contributed by atoms with E-state index in [1.165, 1.54) is 11.3 Å². The number of nitrogens with zero attached hydrogens (tertiary/aromatic N) is 1. The minimum Gasteiger partial charge on any atom is -0.481 e. The van der Waals surface area contributed by atoms with Crippen LogP contribution in [-0.4, -0.2) is 28.6 Å². The highest BCUT2D eigenvalue weighted by Crippen LogP contribution is 2.25. The Bertz CT molecular complexity index is 593. The molecular weight excluding hydrogens is 278 g/mol. The van der Waals surface area contributed by atoms with Crippen LogP contribution in [0.25, 0.3) is 10.2 Å². The van der Waals surface area contributed by atoms with E-state index >= 15 is 0 Å². The van der Waals surface area contributed by atoms with Gasteiger partial charge in [-0.2, -0.15) is 0 Å². The molecule has 2 aromatic rings. The molecule has 7 heteroatoms. The van der Waals surface area contributed by atoms with Gasteiger partial charge in [0.2, 0.25) is 0 Å². The summed E-state index contributed by atoms with van der Waals surface area (Å²) >= 11 is 1.39. The quantitative estimate of drug-likeness (QED) is 0.790. The second-order valence-electron chi connectivity index (χ2n) is 4.52. The van der Waals surface area contributed by atoms with Crippen molar-refractivity contribution >= 4 is 38.7 Å². The molecular formula is C13H15N3O3S. The van der Waals surface area contributed by atoms with E-state index in [9.17, 15) is 9.59 Å². The molecule has 0 aliphatic heterocycles. The molecule has 0 aliphatic carbocycles. The van der Waals surface area contributed by atoms with E-state index in [1.54, 1.807) is 6.92 Å². The Morgan fingerprint density at radius 3 is 2.85 bits per heavy atom. The summed E-state index contributed by atoms with van der Waals surface area (Å²) in [6.07, 6.45) is 0.0292. The molecule has 6 nitrogen and oxygen atoms in total. The van der Waals surface area contributed by atoms with Gasteiger partial charge in [0.25, 0.3) is 0 Å². The lowest BCUT2D eigenvalue weighted by molar-refractivity contribution is -0.137. The molecule has 2 amide bonds. The van der Waals surface area contributed by atoms with Crippen molar-refractivity contribution < 1.29 is 14.7 Å². The van der Waals surface area contributed by atoms with E-state index < -0.39 is 5.97 Å². The molecule has 1 aromatic carbocycles. The normalized spacial score (nSPS) is 12.1. The number of aromatic nitrogens is 1. The van der Waals surface area contributed by atoms with Gasteiger partial charge in [0.1, 0.15) is 0 Å². The number of carbonyl (C=O) groups excluding carboxylic acids is 1. The first-order valence-electron chi connectivity index (χ1n) is 6.17. The van der Waals surface area contributed by atoms with Gasteiger partial charge < -0.3 is 10.4 Å². The Morgan fingerprint density at radius 1 is 1.40 bits per heavy atom. The fourth-order valence-electron chi connectivity index (χ4n) is 1.70. The summed E-state index contributed by atoms with van der Waals surface area (Å²) in [5, 5.41) is 14.4. The third-order valence-electron chi connectivity index (χ3n) is 2.65. The first kappa shape index (κ1) is 14.3. The van der Waals surface area contributed by atoms with E-state index in [-0.39, 0.29) is 18.4 Å². The largest absolute Gasteiger partial charge is 0.481 e. The topological polar surface area (TPSA) is 91.3 Å². The molecule has 2 rings (SSSR count). The maximum Gasteiger partial charge on any atom is 0.321 e. The molecule has 1 atom stereocenters. The molecule has 106 valence electrons. The molecule has 1 unspecified atom stereocenters. The van der Waals surface area contributed by atoms with Crippen molar-refractivity contribution in [3.8, 4) is 0 Å². The number of carbonyl (C=O) groups is 2. The van der Waals surface area contributed by atoms with Crippen LogP contribution < -0.4 is 10.6 Å². The van der Waals surface area contributed by atoms with Gasteiger partial charge in [0.15, 0.2) is 5.13 Å². The lowest BCUT2D eigenvalue weighted by Crippen LogP contribution is -2.32. The maximum atomic E-state index is 11.7. The Morgan fingerprint density at radius 2 is 2.15 bits per heavy atom. The van der Waals surface area contributed by atoms with Crippen LogP contribution in [0.5, 0.6) is 0 Å². The average molecular weight is 293 g/mol. The number of anilines is 1. The number of para-hydroxylation sites is 1. The molecule has 0 saturated carbocycles. The Balaban J connectivity index is 1.86. The molecule has 0 aliphatic rings. The molecule has 0 saturated heterocycles. The Kier molecular flexibility index (Phi) is 4.52. The van der Waals surface area contributed by atoms with Crippen LogP contribution in [0.3, 0.4) is 0 Å². The van der Waals surface area contributed by atoms with Crippen LogP contribution in [0, 0.1) is 5.92 Å². The van der Waals surface area contributed by atoms with E-state index in [4.69, 9.17) is 5.11 Å². The van der Waals surface area contributed by atoms with Crippen LogP contribution in [0.15, 0.2) is 24.3 Å². The van der Waals surface area contributed by atoms with Crippen molar-refractivity contribution in [3.05, 3.63) is 24.3 Å². The van der Waals surface area contributed by atoms with E-state index in [0.717, 1.165) is 10.2 Å². The smallest absolute Gasteiger partial charge is 0.321 e. The SMILES string of the molecule is CC(CNC(=O)Nc1nc2ccccc2s1)CC(=O)O. The van der Waals surface area contributed by atoms with Gasteiger partial charge in [-0.1, -0.05) is 30.4 Å². The number of carboxylic acid groups (broad SMARTS) is 1. The maximum absolute atomic E-state index is 11.7. The van der Waals surface area contributed by atoms with Crippen molar-refractivity contribution in [3.63, 3.8) is 0 Å². The summed E-state index contributed by atoms with van der Waals surface area (Å²) in [5.74, 6) is -0.987. The van der Waals surface area contributed by atoms with Gasteiger partial charge in [0, 0.05) is 13.0 Å². The van der Waals surface area contributed by atoms with Crippen LogP contribution in [-0.2, 0) is 4.79 Å². The predicted molar refractivity (Wildman–Crippen MR) is 78.1 cm³/mol. The van der Waals surface area contributed by atoms with Gasteiger partial charge in [-0.3, -0.25) is 10.1 Å². The van der Waals surface area contributed by atoms with Crippen molar-refractivity contribution in [2.45, 2.75) is 13.3 Å². The number of amides is 2. The highest BCUT2D eigenvalue weighted by molar-refractivity contribution is 7.22. The average Bonchev–Trinajstić information content (AvgIpc) is 2.77. The van der Waals surface area contributed by atoms with E-state index in [2.05, 4.69) is 15.6 Å². The number of rotatable bonds is 5. The van der Waals surface area contributed by atoms with Crippen LogP contribution >= 0.6 is 11.3 Å². The second-order valence-corrected chi connectivity index (χ2v) is 5.56. The number of nitrogens with one attached hydrogen (secondary N) is 2. The number of thiazole rings is 1. The molecule has 0 fully saturated rings. The first-order chi connectivity index (χ1) is 9.54. The zero-order valence-corrected chi connectivity index (χ0v) is 11.7. The highest BCUT2D eigenvalue weighted by atomic mass is 32.1. The highest BCUT2D eigenvalue weighted by Gasteiger charge is 2.10. The first-order valence-corrected chi connectivity index (χ1v) is 6.98. The summed E-state index contributed by atoms with van der Waals surface area (Å²) in [6.45, 7) is 2.08. The molecule has 1 aromatic heterocycles. The van der Waals surface area contributed by atoms with Crippen LogP contribution in [0.2, 0.25) is 0 Å². The predicted octanol–water partition coefficient (Wildman–Crippen LogP) is 2.53. The number of benzene rings is 1. The fraction of sp³-hybridized carbons (Fsp3) is 0.308. The molecule has 0 bridgehead atoms. The van der Waals surface area contributed by atoms with E-state index in [0.29, 0.717) is 11.7 Å². The standard InChI is InChI=1S/C13H15N3O3S/c1-8(6-11(17)18)7-14-12(19)16-13-15-9-4-2-3-5-10(9)20-13/h2-5,8H,6-7H2,1H3,(H,17,18)(H2,14,15,16,19). The molecule has 0 radical (unpaired) electrons. The third kappa shape index (κ3) is 3.92. The lowest BCUT2D eigenvalue weighted by atomic mass is 10.1. The van der Waals surface area contributed by atoms with Crippen molar-refractivity contribution in [1.82, 2.24) is 10.3 Å². The Labute approximate surface area is 119 Å². The zero-order valence-electron chi connectivity index (χ0n) is 10.9. The summed E-state index contributed by atoms with van der Waals surface area (Å²) in [5.41, 5.74) is 0.840. The summed E-state index contributed by atoms with van der Waals surface area (Å²) in [7, 11) is 0. The molecule has 0 spiro atoms. The van der Waals surface area contributed by atoms with Crippen LogP contribution in [0.4, 0.5) is 9.93 Å². The minimum atomic E-state index is -0.870. The fourth-order valence-corrected chi connectivity index (χ4v) is 2.57. The number of carboxylic acids is 1. The summed E-state index contributed by atoms with van der Waals surface area (Å²) in [4.78, 5) is 26.5. The summed E-state index contributed by atoms with van der Waals surface area (Å²) in [6, 6.07) is 7.24. The van der Waals surface area contributed by atoms with Gasteiger partial charge >= 0.3 is 12.0 Å². The van der Waals surface area contributed by atoms with Crippen molar-refractivity contribution in [2.75, 3.05) is 11.9 Å². The van der Waals surface area contributed by atoms with Gasteiger partial charge in [-0.15, -0.1) is 0 Å². The molecule has 3 N–H and O–H groups in total. The van der Waals surface area contributed by atoms with Crippen molar-refractivity contribution in [1.29, 1.82) is 0 Å². The number of urea groups is 1. The van der Waals surface area contributed by atoms with Crippen LogP contribution in [0.1, 0.15) is 13.3 Å². The zero-order chi connectivity index (χ0) is 14.5. The van der Waals surface area contributed by atoms with Crippen molar-refractivity contribution in [2.24, 2.45) is 5.92 Å². The van der Waals surface area contributed by atoms with E-state index in [1.807, 2.05) is 24.3 Å². The van der Waals surface area contributed by atoms with Gasteiger partial charge in [-0.05, 0) is 18.1 Å². The second kappa shape index (κ2) is 6.33. The Hall–Kier alpha value is -2.15. The number of fused-ring (bicyclic) bond motifs is 1. The minimum absolute atomic E-state index is 0.0292. The molecule has 1 heterocycles. The molecule has 20 heavy (non-hydrogen) atoms.